The zero-order valence-electron chi connectivity index (χ0n) is 17.2. The first kappa shape index (κ1) is 21.9. The molecule has 160 valence electrons. The minimum atomic E-state index is -0.0799. The molecule has 3 aromatic carbocycles. The number of carbonyl (C=O) groups is 2. The third-order valence-electron chi connectivity index (χ3n) is 5.27. The van der Waals surface area contributed by atoms with E-state index in [0.29, 0.717) is 47.9 Å². The third-order valence-corrected chi connectivity index (χ3v) is 6.66. The number of nitrogens with zero attached hydrogens (tertiary/aromatic N) is 3. The van der Waals surface area contributed by atoms with Crippen LogP contribution < -0.4 is 0 Å². The van der Waals surface area contributed by atoms with Gasteiger partial charge in [0.15, 0.2) is 0 Å². The van der Waals surface area contributed by atoms with E-state index in [-0.39, 0.29) is 11.8 Å². The van der Waals surface area contributed by atoms with Crippen molar-refractivity contribution in [1.82, 2.24) is 9.80 Å². The standard InChI is InChI=1S/C25H20ClN3O2S/c26-20-8-5-7-18(16-20)24(30)28-12-14-29(15-13-28)25(31)21-9-2-4-11-23(21)32-22-10-3-1-6-19(22)17-27/h1-11,16H,12-15H2. The predicted molar refractivity (Wildman–Crippen MR) is 125 cm³/mol. The first-order valence-electron chi connectivity index (χ1n) is 10.2. The highest BCUT2D eigenvalue weighted by Gasteiger charge is 2.27. The van der Waals surface area contributed by atoms with Gasteiger partial charge in [-0.2, -0.15) is 5.26 Å². The van der Waals surface area contributed by atoms with Crippen LogP contribution in [-0.4, -0.2) is 47.8 Å². The van der Waals surface area contributed by atoms with Gasteiger partial charge in [-0.25, -0.2) is 0 Å². The van der Waals surface area contributed by atoms with Gasteiger partial charge in [-0.15, -0.1) is 0 Å². The quantitative estimate of drug-likeness (QED) is 0.550. The van der Waals surface area contributed by atoms with Crippen LogP contribution in [0.3, 0.4) is 0 Å². The number of carbonyl (C=O) groups excluding carboxylic acids is 2. The predicted octanol–water partition coefficient (Wildman–Crippen LogP) is 4.96. The zero-order valence-corrected chi connectivity index (χ0v) is 18.8. The molecule has 1 fully saturated rings. The number of hydrogen-bond donors (Lipinski definition) is 0. The van der Waals surface area contributed by atoms with Crippen LogP contribution in [0.15, 0.2) is 82.6 Å². The largest absolute Gasteiger partial charge is 0.335 e. The van der Waals surface area contributed by atoms with E-state index in [4.69, 9.17) is 11.6 Å². The van der Waals surface area contributed by atoms with Crippen LogP contribution in [0.5, 0.6) is 0 Å². The summed E-state index contributed by atoms with van der Waals surface area (Å²) < 4.78 is 0. The average molecular weight is 462 g/mol. The fourth-order valence-corrected chi connectivity index (χ4v) is 4.80. The highest BCUT2D eigenvalue weighted by atomic mass is 35.5. The molecule has 0 unspecified atom stereocenters. The van der Waals surface area contributed by atoms with Crippen LogP contribution in [0.1, 0.15) is 26.3 Å². The van der Waals surface area contributed by atoms with Gasteiger partial charge in [0.2, 0.25) is 0 Å². The van der Waals surface area contributed by atoms with Crippen molar-refractivity contribution in [1.29, 1.82) is 5.26 Å². The normalized spacial score (nSPS) is 13.5. The van der Waals surface area contributed by atoms with Gasteiger partial charge in [0, 0.05) is 46.6 Å². The van der Waals surface area contributed by atoms with Crippen molar-refractivity contribution in [3.8, 4) is 6.07 Å². The van der Waals surface area contributed by atoms with Crippen molar-refractivity contribution in [3.63, 3.8) is 0 Å². The summed E-state index contributed by atoms with van der Waals surface area (Å²) in [4.78, 5) is 31.2. The maximum Gasteiger partial charge on any atom is 0.255 e. The summed E-state index contributed by atoms with van der Waals surface area (Å²) >= 11 is 7.42. The van der Waals surface area contributed by atoms with Crippen LogP contribution in [0, 0.1) is 11.3 Å². The van der Waals surface area contributed by atoms with E-state index in [1.165, 1.54) is 11.8 Å². The smallest absolute Gasteiger partial charge is 0.255 e. The number of rotatable bonds is 4. The summed E-state index contributed by atoms with van der Waals surface area (Å²) in [5, 5.41) is 9.89. The highest BCUT2D eigenvalue weighted by molar-refractivity contribution is 7.99. The molecule has 0 saturated carbocycles. The summed E-state index contributed by atoms with van der Waals surface area (Å²) in [6.07, 6.45) is 0. The lowest BCUT2D eigenvalue weighted by atomic mass is 10.1. The van der Waals surface area contributed by atoms with E-state index < -0.39 is 0 Å². The van der Waals surface area contributed by atoms with Crippen molar-refractivity contribution < 1.29 is 9.59 Å². The molecule has 0 bridgehead atoms. The minimum Gasteiger partial charge on any atom is -0.335 e. The lowest BCUT2D eigenvalue weighted by Crippen LogP contribution is -2.50. The molecule has 1 aliphatic heterocycles. The first-order valence-corrected chi connectivity index (χ1v) is 11.4. The molecule has 0 atom stereocenters. The van der Waals surface area contributed by atoms with Gasteiger partial charge in [-0.1, -0.05) is 53.7 Å². The molecular formula is C25H20ClN3O2S. The fraction of sp³-hybridized carbons (Fsp3) is 0.160. The number of piperazine rings is 1. The molecule has 7 heteroatoms. The molecule has 1 heterocycles. The Morgan fingerprint density at radius 1 is 0.812 bits per heavy atom. The number of benzene rings is 3. The molecule has 0 radical (unpaired) electrons. The van der Waals surface area contributed by atoms with E-state index in [1.807, 2.05) is 42.5 Å². The SMILES string of the molecule is N#Cc1ccccc1Sc1ccccc1C(=O)N1CCN(C(=O)c2cccc(Cl)c2)CC1. The Kier molecular flexibility index (Phi) is 6.79. The van der Waals surface area contributed by atoms with Gasteiger partial charge in [0.05, 0.1) is 11.1 Å². The molecule has 0 spiro atoms. The Bertz CT molecular complexity index is 1200. The average Bonchev–Trinajstić information content (AvgIpc) is 2.84. The lowest BCUT2D eigenvalue weighted by Gasteiger charge is -2.35. The maximum atomic E-state index is 13.3. The maximum absolute atomic E-state index is 13.3. The summed E-state index contributed by atoms with van der Waals surface area (Å²) in [6.45, 7) is 1.84. The Morgan fingerprint density at radius 3 is 2.12 bits per heavy atom. The molecular weight excluding hydrogens is 442 g/mol. The molecule has 2 amide bonds. The fourth-order valence-electron chi connectivity index (χ4n) is 3.59. The van der Waals surface area contributed by atoms with E-state index in [1.54, 1.807) is 40.1 Å². The molecule has 5 nitrogen and oxygen atoms in total. The molecule has 1 saturated heterocycles. The molecule has 0 aliphatic carbocycles. The monoisotopic (exact) mass is 461 g/mol. The van der Waals surface area contributed by atoms with Gasteiger partial charge in [-0.3, -0.25) is 9.59 Å². The van der Waals surface area contributed by atoms with Gasteiger partial charge >= 0.3 is 0 Å². The Hall–Kier alpha value is -3.27. The molecule has 32 heavy (non-hydrogen) atoms. The molecule has 3 aromatic rings. The second kappa shape index (κ2) is 9.90. The summed E-state index contributed by atoms with van der Waals surface area (Å²) in [5.74, 6) is -0.152. The Labute approximate surface area is 196 Å². The Balaban J connectivity index is 1.46. The van der Waals surface area contributed by atoms with Crippen molar-refractivity contribution in [2.75, 3.05) is 26.2 Å². The van der Waals surface area contributed by atoms with E-state index in [9.17, 15) is 14.9 Å². The van der Waals surface area contributed by atoms with Crippen LogP contribution in [0.4, 0.5) is 0 Å². The molecule has 1 aliphatic rings. The van der Waals surface area contributed by atoms with Crippen molar-refractivity contribution in [2.45, 2.75) is 9.79 Å². The second-order valence-electron chi connectivity index (χ2n) is 7.30. The van der Waals surface area contributed by atoms with Gasteiger partial charge in [-0.05, 0) is 42.5 Å². The van der Waals surface area contributed by atoms with Crippen LogP contribution in [-0.2, 0) is 0 Å². The number of nitriles is 1. The van der Waals surface area contributed by atoms with Crippen LogP contribution in [0.25, 0.3) is 0 Å². The van der Waals surface area contributed by atoms with Crippen molar-refractivity contribution >= 4 is 35.2 Å². The zero-order chi connectivity index (χ0) is 22.5. The summed E-state index contributed by atoms with van der Waals surface area (Å²) in [7, 11) is 0. The topological polar surface area (TPSA) is 64.4 Å². The summed E-state index contributed by atoms with van der Waals surface area (Å²) in [5.41, 5.74) is 1.72. The van der Waals surface area contributed by atoms with Crippen molar-refractivity contribution in [3.05, 3.63) is 94.5 Å². The number of hydrogen-bond acceptors (Lipinski definition) is 4. The minimum absolute atomic E-state index is 0.0719. The van der Waals surface area contributed by atoms with E-state index in [0.717, 1.165) is 9.79 Å². The Morgan fingerprint density at radius 2 is 1.44 bits per heavy atom. The lowest BCUT2D eigenvalue weighted by molar-refractivity contribution is 0.0533. The number of amides is 2. The van der Waals surface area contributed by atoms with Crippen molar-refractivity contribution in [2.24, 2.45) is 0 Å². The van der Waals surface area contributed by atoms with Crippen LogP contribution >= 0.6 is 23.4 Å². The first-order chi connectivity index (χ1) is 15.6. The van der Waals surface area contributed by atoms with Gasteiger partial charge in [0.1, 0.15) is 6.07 Å². The third kappa shape index (κ3) is 4.80. The van der Waals surface area contributed by atoms with Gasteiger partial charge < -0.3 is 9.80 Å². The van der Waals surface area contributed by atoms with E-state index >= 15 is 0 Å². The van der Waals surface area contributed by atoms with Gasteiger partial charge in [0.25, 0.3) is 11.8 Å². The number of halogens is 1. The second-order valence-corrected chi connectivity index (χ2v) is 8.82. The summed E-state index contributed by atoms with van der Waals surface area (Å²) in [6, 6.07) is 23.9. The molecule has 4 rings (SSSR count). The molecule has 0 N–H and O–H groups in total. The molecule has 0 aromatic heterocycles. The van der Waals surface area contributed by atoms with E-state index in [2.05, 4.69) is 6.07 Å². The van der Waals surface area contributed by atoms with Crippen LogP contribution in [0.2, 0.25) is 5.02 Å². The highest BCUT2D eigenvalue weighted by Crippen LogP contribution is 2.33.